The molecule has 0 heterocycles. The fraction of sp³-hybridized carbons (Fsp3) is 0.368. The van der Waals surface area contributed by atoms with Crippen molar-refractivity contribution in [2.75, 3.05) is 23.0 Å². The second-order valence-electron chi connectivity index (χ2n) is 5.45. The van der Waals surface area contributed by atoms with E-state index >= 15 is 0 Å². The quantitative estimate of drug-likeness (QED) is 0.694. The van der Waals surface area contributed by atoms with E-state index in [4.69, 9.17) is 0 Å². The van der Waals surface area contributed by atoms with Crippen LogP contribution in [-0.4, -0.2) is 23.0 Å². The van der Waals surface area contributed by atoms with E-state index in [-0.39, 0.29) is 5.41 Å². The van der Waals surface area contributed by atoms with Crippen molar-refractivity contribution in [3.05, 3.63) is 59.7 Å². The minimum atomic E-state index is 0.189. The summed E-state index contributed by atoms with van der Waals surface area (Å²) in [5.74, 6) is 4.74. The van der Waals surface area contributed by atoms with Gasteiger partial charge < -0.3 is 0 Å². The first kappa shape index (κ1) is 15.1. The van der Waals surface area contributed by atoms with Crippen molar-refractivity contribution < 1.29 is 0 Å². The van der Waals surface area contributed by atoms with Crippen LogP contribution in [0.1, 0.15) is 25.0 Å². The normalized spacial score (nSPS) is 14.8. The van der Waals surface area contributed by atoms with E-state index in [0.29, 0.717) is 0 Å². The monoisotopic (exact) mass is 314 g/mol. The molecule has 1 aliphatic rings. The molecule has 0 nitrogen and oxygen atoms in total. The lowest BCUT2D eigenvalue weighted by atomic mass is 9.82. The van der Waals surface area contributed by atoms with Gasteiger partial charge in [-0.1, -0.05) is 62.4 Å². The van der Waals surface area contributed by atoms with Gasteiger partial charge >= 0.3 is 0 Å². The maximum atomic E-state index is 2.35. The van der Waals surface area contributed by atoms with Gasteiger partial charge in [-0.3, -0.25) is 0 Å². The minimum Gasteiger partial charge on any atom is -0.161 e. The molecule has 110 valence electrons. The van der Waals surface area contributed by atoms with Crippen LogP contribution in [0.4, 0.5) is 0 Å². The van der Waals surface area contributed by atoms with Crippen molar-refractivity contribution in [3.8, 4) is 11.1 Å². The molecule has 0 saturated carbocycles. The van der Waals surface area contributed by atoms with Crippen molar-refractivity contribution in [3.63, 3.8) is 0 Å². The Hall–Kier alpha value is -0.860. The predicted molar refractivity (Wildman–Crippen MR) is 98.7 cm³/mol. The molecule has 0 bridgehead atoms. The first-order valence-corrected chi connectivity index (χ1v) is 9.99. The molecule has 0 atom stereocenters. The summed E-state index contributed by atoms with van der Waals surface area (Å²) in [6, 6.07) is 18.0. The average molecular weight is 315 g/mol. The Labute approximate surface area is 136 Å². The fourth-order valence-electron chi connectivity index (χ4n) is 3.32. The molecule has 0 spiro atoms. The summed E-state index contributed by atoms with van der Waals surface area (Å²) in [6.07, 6.45) is 0. The molecule has 0 amide bonds. The number of fused-ring (bicyclic) bond motifs is 3. The van der Waals surface area contributed by atoms with E-state index in [1.807, 2.05) is 0 Å². The number of hydrogen-bond acceptors (Lipinski definition) is 2. The highest BCUT2D eigenvalue weighted by atomic mass is 32.2. The van der Waals surface area contributed by atoms with Gasteiger partial charge in [0.25, 0.3) is 0 Å². The lowest BCUT2D eigenvalue weighted by Gasteiger charge is -2.31. The maximum absolute atomic E-state index is 2.35. The van der Waals surface area contributed by atoms with Crippen LogP contribution in [0.2, 0.25) is 0 Å². The van der Waals surface area contributed by atoms with Gasteiger partial charge in [-0.2, -0.15) is 23.5 Å². The van der Waals surface area contributed by atoms with Crippen LogP contribution in [0.5, 0.6) is 0 Å². The highest BCUT2D eigenvalue weighted by Gasteiger charge is 2.42. The first-order valence-electron chi connectivity index (χ1n) is 7.68. The molecule has 1 aliphatic carbocycles. The van der Waals surface area contributed by atoms with Crippen LogP contribution in [0.15, 0.2) is 48.5 Å². The van der Waals surface area contributed by atoms with Crippen molar-refractivity contribution in [2.24, 2.45) is 0 Å². The van der Waals surface area contributed by atoms with E-state index in [9.17, 15) is 0 Å². The first-order chi connectivity index (χ1) is 10.3. The summed E-state index contributed by atoms with van der Waals surface area (Å²) >= 11 is 4.14. The number of thioether (sulfide) groups is 2. The van der Waals surface area contributed by atoms with E-state index in [1.54, 1.807) is 0 Å². The lowest BCUT2D eigenvalue weighted by Crippen LogP contribution is -2.31. The van der Waals surface area contributed by atoms with Crippen LogP contribution in [0.25, 0.3) is 11.1 Å². The molecular weight excluding hydrogens is 292 g/mol. The molecular formula is C19H22S2. The molecule has 0 radical (unpaired) electrons. The standard InChI is InChI=1S/C19H22S2/c1-3-20-13-19(14-21-4-2)17-11-7-5-9-15(17)16-10-6-8-12-18(16)19/h5-12H,3-4,13-14H2,1-2H3. The molecule has 0 saturated heterocycles. The molecule has 21 heavy (non-hydrogen) atoms. The van der Waals surface area contributed by atoms with Gasteiger partial charge in [0.1, 0.15) is 0 Å². The third-order valence-electron chi connectivity index (χ3n) is 4.28. The van der Waals surface area contributed by atoms with Gasteiger partial charge in [0.05, 0.1) is 0 Å². The van der Waals surface area contributed by atoms with Crippen molar-refractivity contribution in [2.45, 2.75) is 19.3 Å². The fourth-order valence-corrected chi connectivity index (χ4v) is 5.38. The number of rotatable bonds is 6. The molecule has 0 fully saturated rings. The zero-order chi connectivity index (χ0) is 14.7. The molecule has 0 aromatic heterocycles. The van der Waals surface area contributed by atoms with Gasteiger partial charge in [0.15, 0.2) is 0 Å². The van der Waals surface area contributed by atoms with Gasteiger partial charge in [-0.25, -0.2) is 0 Å². The summed E-state index contributed by atoms with van der Waals surface area (Å²) in [4.78, 5) is 0. The Morgan fingerprint density at radius 2 is 1.14 bits per heavy atom. The van der Waals surface area contributed by atoms with Crippen LogP contribution in [-0.2, 0) is 5.41 Å². The summed E-state index contributed by atoms with van der Waals surface area (Å²) in [5, 5.41) is 0. The second-order valence-corrected chi connectivity index (χ2v) is 8.00. The number of benzene rings is 2. The van der Waals surface area contributed by atoms with E-state index < -0.39 is 0 Å². The van der Waals surface area contributed by atoms with Gasteiger partial charge in [-0.05, 0) is 33.8 Å². The Morgan fingerprint density at radius 1 is 0.714 bits per heavy atom. The molecule has 0 unspecified atom stereocenters. The summed E-state index contributed by atoms with van der Waals surface area (Å²) in [6.45, 7) is 4.52. The second kappa shape index (κ2) is 6.50. The van der Waals surface area contributed by atoms with Crippen LogP contribution in [0.3, 0.4) is 0 Å². The zero-order valence-electron chi connectivity index (χ0n) is 12.8. The zero-order valence-corrected chi connectivity index (χ0v) is 14.4. The third kappa shape index (κ3) is 2.53. The minimum absolute atomic E-state index is 0.189. The Morgan fingerprint density at radius 3 is 1.57 bits per heavy atom. The topological polar surface area (TPSA) is 0 Å². The average Bonchev–Trinajstić information content (AvgIpc) is 2.82. The van der Waals surface area contributed by atoms with Gasteiger partial charge in [-0.15, -0.1) is 0 Å². The van der Waals surface area contributed by atoms with Gasteiger partial charge in [0, 0.05) is 16.9 Å². The molecule has 2 heteroatoms. The van der Waals surface area contributed by atoms with E-state index in [0.717, 1.165) is 0 Å². The summed E-state index contributed by atoms with van der Waals surface area (Å²) in [5.41, 5.74) is 6.15. The highest BCUT2D eigenvalue weighted by Crippen LogP contribution is 2.51. The van der Waals surface area contributed by atoms with Crippen LogP contribution in [0, 0.1) is 0 Å². The molecule has 2 aromatic rings. The molecule has 3 rings (SSSR count). The number of hydrogen-bond donors (Lipinski definition) is 0. The Bertz CT molecular complexity index is 563. The Kier molecular flexibility index (Phi) is 4.66. The van der Waals surface area contributed by atoms with Crippen LogP contribution < -0.4 is 0 Å². The van der Waals surface area contributed by atoms with Gasteiger partial charge in [0.2, 0.25) is 0 Å². The smallest absolute Gasteiger partial charge is 0.0395 e. The van der Waals surface area contributed by atoms with Crippen molar-refractivity contribution in [1.82, 2.24) is 0 Å². The van der Waals surface area contributed by atoms with Crippen LogP contribution >= 0.6 is 23.5 Å². The van der Waals surface area contributed by atoms with E-state index in [1.165, 1.54) is 45.3 Å². The maximum Gasteiger partial charge on any atom is 0.0395 e. The summed E-state index contributed by atoms with van der Waals surface area (Å²) in [7, 11) is 0. The highest BCUT2D eigenvalue weighted by molar-refractivity contribution is 8.00. The van der Waals surface area contributed by atoms with E-state index in [2.05, 4.69) is 85.9 Å². The van der Waals surface area contributed by atoms with Crippen molar-refractivity contribution >= 4 is 23.5 Å². The summed E-state index contributed by atoms with van der Waals surface area (Å²) < 4.78 is 0. The molecule has 0 N–H and O–H groups in total. The van der Waals surface area contributed by atoms with Crippen molar-refractivity contribution in [1.29, 1.82) is 0 Å². The largest absolute Gasteiger partial charge is 0.161 e. The molecule has 0 aliphatic heterocycles. The molecule has 2 aromatic carbocycles. The predicted octanol–water partition coefficient (Wildman–Crippen LogP) is 5.46. The Balaban J connectivity index is 2.16. The lowest BCUT2D eigenvalue weighted by molar-refractivity contribution is 0.686. The third-order valence-corrected chi connectivity index (χ3v) is 6.49. The SMILES string of the molecule is CCSCC1(CSCC)c2ccccc2-c2ccccc21.